The van der Waals surface area contributed by atoms with E-state index in [1.165, 1.54) is 10.4 Å². The van der Waals surface area contributed by atoms with Crippen molar-refractivity contribution in [2.75, 3.05) is 24.5 Å². The van der Waals surface area contributed by atoms with Crippen LogP contribution in [0.5, 0.6) is 0 Å². The number of aliphatic imine (C=N–C) groups is 1. The van der Waals surface area contributed by atoms with E-state index in [1.54, 1.807) is 17.5 Å². The summed E-state index contributed by atoms with van der Waals surface area (Å²) in [6, 6.07) is 4.17. The monoisotopic (exact) mass is 489 g/mol. The molecule has 184 valence electrons. The molecule has 2 aromatic heterocycles. The number of terminal acetylenes is 2. The van der Waals surface area contributed by atoms with Gasteiger partial charge in [-0.25, -0.2) is 9.97 Å². The number of thiophene rings is 1. The molecular formula is C27H35N7S. The molecule has 0 amide bonds. The summed E-state index contributed by atoms with van der Waals surface area (Å²) in [5, 5.41) is 15.1. The maximum Gasteiger partial charge on any atom is 0.226 e. The fraction of sp³-hybridized carbons (Fsp3) is 0.481. The van der Waals surface area contributed by atoms with E-state index >= 15 is 0 Å². The number of nitrogens with one attached hydrogen (secondary N) is 1. The first-order valence-electron chi connectivity index (χ1n) is 11.7. The van der Waals surface area contributed by atoms with Gasteiger partial charge in [0.2, 0.25) is 5.95 Å². The van der Waals surface area contributed by atoms with E-state index in [0.717, 1.165) is 50.9 Å². The molecule has 1 aliphatic carbocycles. The molecule has 2 atom stereocenters. The maximum atomic E-state index is 9.52. The Balaban J connectivity index is 0.00000103. The van der Waals surface area contributed by atoms with Crippen molar-refractivity contribution < 1.29 is 0 Å². The van der Waals surface area contributed by atoms with Crippen LogP contribution in [0.15, 0.2) is 22.6 Å². The van der Waals surface area contributed by atoms with Gasteiger partial charge in [0, 0.05) is 47.5 Å². The van der Waals surface area contributed by atoms with Crippen molar-refractivity contribution >= 4 is 23.1 Å². The second kappa shape index (κ2) is 12.9. The highest BCUT2D eigenvalue weighted by Gasteiger charge is 2.29. The van der Waals surface area contributed by atoms with E-state index in [1.807, 2.05) is 11.4 Å². The van der Waals surface area contributed by atoms with Crippen molar-refractivity contribution in [1.82, 2.24) is 15.3 Å². The molecule has 1 aliphatic heterocycles. The fourth-order valence-corrected chi connectivity index (χ4v) is 5.66. The Hall–Kier alpha value is -3.38. The Morgan fingerprint density at radius 1 is 1.34 bits per heavy atom. The third-order valence-electron chi connectivity index (χ3n) is 6.42. The number of aryl methyl sites for hydroxylation is 1. The van der Waals surface area contributed by atoms with Crippen LogP contribution in [0.2, 0.25) is 0 Å². The quantitative estimate of drug-likeness (QED) is 0.386. The molecule has 0 saturated carbocycles. The van der Waals surface area contributed by atoms with Gasteiger partial charge in [-0.15, -0.1) is 37.0 Å². The molecule has 3 heterocycles. The lowest BCUT2D eigenvalue weighted by atomic mass is 9.81. The predicted molar refractivity (Wildman–Crippen MR) is 146 cm³/mol. The Labute approximate surface area is 213 Å². The number of hydrogen-bond acceptors (Lipinski definition) is 7. The SMILES string of the molecule is C#C.C#C.CC(N=C(N)c1ccnc(N2CCNC(C)(C)CC2)n1)C1CCCc2scc(C#N)c21. The molecule has 0 bridgehead atoms. The van der Waals surface area contributed by atoms with Crippen LogP contribution < -0.4 is 16.0 Å². The lowest BCUT2D eigenvalue weighted by Crippen LogP contribution is -2.39. The average Bonchev–Trinajstić information content (AvgIpc) is 3.22. The summed E-state index contributed by atoms with van der Waals surface area (Å²) in [6.07, 6.45) is 22.0. The Morgan fingerprint density at radius 3 is 2.80 bits per heavy atom. The van der Waals surface area contributed by atoms with E-state index in [9.17, 15) is 5.26 Å². The predicted octanol–water partition coefficient (Wildman–Crippen LogP) is 3.70. The first-order chi connectivity index (χ1) is 16.9. The van der Waals surface area contributed by atoms with E-state index < -0.39 is 0 Å². The minimum Gasteiger partial charge on any atom is -0.382 e. The minimum atomic E-state index is -0.0117. The topological polar surface area (TPSA) is 103 Å². The van der Waals surface area contributed by atoms with Gasteiger partial charge >= 0.3 is 0 Å². The second-order valence-corrected chi connectivity index (χ2v) is 10.1. The van der Waals surface area contributed by atoms with Gasteiger partial charge in [-0.2, -0.15) is 5.26 Å². The molecule has 4 rings (SSSR count). The van der Waals surface area contributed by atoms with Crippen molar-refractivity contribution in [3.63, 3.8) is 0 Å². The van der Waals surface area contributed by atoms with E-state index in [0.29, 0.717) is 17.5 Å². The lowest BCUT2D eigenvalue weighted by molar-refractivity contribution is 0.394. The number of rotatable bonds is 4. The van der Waals surface area contributed by atoms with Crippen LogP contribution in [-0.2, 0) is 6.42 Å². The highest BCUT2D eigenvalue weighted by atomic mass is 32.1. The smallest absolute Gasteiger partial charge is 0.226 e. The molecule has 7 nitrogen and oxygen atoms in total. The van der Waals surface area contributed by atoms with Crippen LogP contribution in [0.3, 0.4) is 0 Å². The molecule has 2 aliphatic rings. The zero-order valence-corrected chi connectivity index (χ0v) is 21.7. The maximum absolute atomic E-state index is 9.52. The van der Waals surface area contributed by atoms with Crippen molar-refractivity contribution in [3.8, 4) is 31.8 Å². The highest BCUT2D eigenvalue weighted by Crippen LogP contribution is 2.40. The number of aromatic nitrogens is 2. The van der Waals surface area contributed by atoms with Gasteiger partial charge in [-0.05, 0) is 58.1 Å². The first kappa shape index (κ1) is 27.9. The third-order valence-corrected chi connectivity index (χ3v) is 7.49. The summed E-state index contributed by atoms with van der Waals surface area (Å²) in [5.74, 6) is 1.36. The van der Waals surface area contributed by atoms with Crippen LogP contribution >= 0.6 is 11.3 Å². The summed E-state index contributed by atoms with van der Waals surface area (Å²) in [6.45, 7) is 9.20. The number of nitriles is 1. The summed E-state index contributed by atoms with van der Waals surface area (Å²) in [4.78, 5) is 17.6. The van der Waals surface area contributed by atoms with Crippen LogP contribution in [0.25, 0.3) is 0 Å². The molecule has 1 fully saturated rings. The van der Waals surface area contributed by atoms with Crippen molar-refractivity contribution in [2.45, 2.75) is 64.0 Å². The van der Waals surface area contributed by atoms with Gasteiger partial charge in [0.15, 0.2) is 0 Å². The molecule has 8 heteroatoms. The van der Waals surface area contributed by atoms with Crippen LogP contribution in [0.4, 0.5) is 5.95 Å². The van der Waals surface area contributed by atoms with Gasteiger partial charge in [0.1, 0.15) is 17.6 Å². The van der Waals surface area contributed by atoms with E-state index in [4.69, 9.17) is 15.7 Å². The molecule has 0 radical (unpaired) electrons. The number of nitrogens with two attached hydrogens (primary N) is 1. The number of anilines is 1. The van der Waals surface area contributed by atoms with Gasteiger partial charge in [-0.3, -0.25) is 4.99 Å². The first-order valence-corrected chi connectivity index (χ1v) is 12.6. The Kier molecular flexibility index (Phi) is 10.3. The fourth-order valence-electron chi connectivity index (χ4n) is 4.57. The van der Waals surface area contributed by atoms with Gasteiger partial charge in [0.25, 0.3) is 0 Å². The molecule has 2 aromatic rings. The van der Waals surface area contributed by atoms with Crippen molar-refractivity contribution in [3.05, 3.63) is 39.3 Å². The van der Waals surface area contributed by atoms with Crippen LogP contribution in [0.1, 0.15) is 67.6 Å². The molecular weight excluding hydrogens is 454 g/mol. The molecule has 1 saturated heterocycles. The Bertz CT molecular complexity index is 1080. The Morgan fingerprint density at radius 2 is 2.09 bits per heavy atom. The number of amidine groups is 1. The molecule has 35 heavy (non-hydrogen) atoms. The van der Waals surface area contributed by atoms with Gasteiger partial charge < -0.3 is 16.0 Å². The number of fused-ring (bicyclic) bond motifs is 1. The third kappa shape index (κ3) is 6.83. The molecule has 2 unspecified atom stereocenters. The normalized spacial score (nSPS) is 19.9. The van der Waals surface area contributed by atoms with Gasteiger partial charge in [0.05, 0.1) is 11.6 Å². The zero-order chi connectivity index (χ0) is 26.0. The zero-order valence-electron chi connectivity index (χ0n) is 20.9. The van der Waals surface area contributed by atoms with Crippen molar-refractivity contribution in [2.24, 2.45) is 10.7 Å². The van der Waals surface area contributed by atoms with E-state index in [2.05, 4.69) is 67.7 Å². The highest BCUT2D eigenvalue weighted by molar-refractivity contribution is 7.10. The number of nitrogens with zero attached hydrogens (tertiary/aromatic N) is 5. The summed E-state index contributed by atoms with van der Waals surface area (Å²) < 4.78 is 0. The lowest BCUT2D eigenvalue weighted by Gasteiger charge is -2.27. The molecule has 0 aromatic carbocycles. The van der Waals surface area contributed by atoms with Crippen LogP contribution in [0, 0.1) is 37.0 Å². The summed E-state index contributed by atoms with van der Waals surface area (Å²) in [5.41, 5.74) is 9.17. The van der Waals surface area contributed by atoms with Gasteiger partial charge in [-0.1, -0.05) is 0 Å². The standard InChI is InChI=1S/C23H31N7S.2C2H2/c1-15(17-5-4-6-19-20(17)16(13-24)14-31-19)28-21(25)18-7-9-26-22(29-18)30-11-8-23(2,3)27-10-12-30;2*1-2/h7,9,14-15,17,27H,4-6,8,10-12H2,1-3H3,(H2,25,28);2*1-2H. The second-order valence-electron chi connectivity index (χ2n) is 9.14. The van der Waals surface area contributed by atoms with Crippen molar-refractivity contribution in [1.29, 1.82) is 5.26 Å². The average molecular weight is 490 g/mol. The summed E-state index contributed by atoms with van der Waals surface area (Å²) >= 11 is 1.70. The minimum absolute atomic E-state index is 0.0117. The van der Waals surface area contributed by atoms with Crippen LogP contribution in [-0.4, -0.2) is 47.0 Å². The molecule has 3 N–H and O–H groups in total. The largest absolute Gasteiger partial charge is 0.382 e. The van der Waals surface area contributed by atoms with E-state index in [-0.39, 0.29) is 17.5 Å². The molecule has 0 spiro atoms. The summed E-state index contributed by atoms with van der Waals surface area (Å²) in [7, 11) is 0. The number of hydrogen-bond donors (Lipinski definition) is 2.